The molecule has 1 atom stereocenters. The number of rotatable bonds is 4. The van der Waals surface area contributed by atoms with Crippen LogP contribution >= 0.6 is 12.4 Å². The summed E-state index contributed by atoms with van der Waals surface area (Å²) >= 11 is 0. The molecular weight excluding hydrogens is 233 g/mol. The number of aliphatic hydroxyl groups excluding tert-OH is 1. The van der Waals surface area contributed by atoms with Crippen molar-refractivity contribution in [3.63, 3.8) is 0 Å². The first-order valence-electron chi connectivity index (χ1n) is 4.56. The zero-order valence-corrected chi connectivity index (χ0v) is 9.64. The van der Waals surface area contributed by atoms with Gasteiger partial charge in [0.15, 0.2) is 0 Å². The first-order valence-corrected chi connectivity index (χ1v) is 4.56. The summed E-state index contributed by atoms with van der Waals surface area (Å²) < 4.78 is 13.4. The Morgan fingerprint density at radius 3 is 2.69 bits per heavy atom. The Hall–Kier alpha value is -1.33. The van der Waals surface area contributed by atoms with Gasteiger partial charge in [0, 0.05) is 12.1 Å². The van der Waals surface area contributed by atoms with Gasteiger partial charge < -0.3 is 16.2 Å². The molecule has 0 saturated heterocycles. The van der Waals surface area contributed by atoms with Crippen molar-refractivity contribution >= 4 is 23.9 Å². The zero-order valence-electron chi connectivity index (χ0n) is 8.83. The van der Waals surface area contributed by atoms with E-state index in [1.807, 2.05) is 0 Å². The Balaban J connectivity index is 0.00000225. The Morgan fingerprint density at radius 1 is 1.62 bits per heavy atom. The average Bonchev–Trinajstić information content (AvgIpc) is 2.15. The molecule has 0 fully saturated rings. The molecule has 0 aromatic heterocycles. The highest BCUT2D eigenvalue weighted by Gasteiger charge is 2.05. The standard InChI is InChI=1S/C10H14FN3O.ClH/c1-6(15)5-14-9-3-2-7(10(12)13)4-8(9)11;/h2-4,6,14-15H,5H2,1H3,(H3,12,13);1H. The summed E-state index contributed by atoms with van der Waals surface area (Å²) in [5.74, 6) is -0.653. The lowest BCUT2D eigenvalue weighted by atomic mass is 10.2. The maximum atomic E-state index is 13.4. The van der Waals surface area contributed by atoms with Gasteiger partial charge in [-0.05, 0) is 25.1 Å². The molecule has 1 unspecified atom stereocenters. The predicted octanol–water partition coefficient (Wildman–Crippen LogP) is 1.32. The van der Waals surface area contributed by atoms with Crippen molar-refractivity contribution in [3.05, 3.63) is 29.6 Å². The summed E-state index contributed by atoms with van der Waals surface area (Å²) in [6, 6.07) is 4.23. The van der Waals surface area contributed by atoms with Crippen molar-refractivity contribution in [3.8, 4) is 0 Å². The van der Waals surface area contributed by atoms with E-state index in [9.17, 15) is 4.39 Å². The summed E-state index contributed by atoms with van der Waals surface area (Å²) in [7, 11) is 0. The summed E-state index contributed by atoms with van der Waals surface area (Å²) in [6.07, 6.45) is -0.545. The van der Waals surface area contributed by atoms with E-state index in [1.54, 1.807) is 13.0 Å². The molecule has 6 heteroatoms. The van der Waals surface area contributed by atoms with Gasteiger partial charge in [0.1, 0.15) is 11.7 Å². The van der Waals surface area contributed by atoms with Crippen LogP contribution < -0.4 is 11.1 Å². The van der Waals surface area contributed by atoms with E-state index in [4.69, 9.17) is 16.2 Å². The van der Waals surface area contributed by atoms with E-state index in [1.165, 1.54) is 12.1 Å². The topological polar surface area (TPSA) is 82.1 Å². The minimum Gasteiger partial charge on any atom is -0.392 e. The van der Waals surface area contributed by atoms with E-state index in [0.717, 1.165) is 0 Å². The molecule has 0 heterocycles. The molecule has 0 amide bonds. The van der Waals surface area contributed by atoms with Gasteiger partial charge in [0.2, 0.25) is 0 Å². The molecule has 5 N–H and O–H groups in total. The summed E-state index contributed by atoms with van der Waals surface area (Å²) in [4.78, 5) is 0. The number of nitrogens with one attached hydrogen (secondary N) is 2. The molecule has 0 aliphatic rings. The number of aliphatic hydroxyl groups is 1. The molecule has 0 spiro atoms. The largest absolute Gasteiger partial charge is 0.392 e. The van der Waals surface area contributed by atoms with E-state index in [2.05, 4.69) is 5.32 Å². The Labute approximate surface area is 99.6 Å². The Kier molecular flexibility index (Phi) is 5.77. The van der Waals surface area contributed by atoms with Gasteiger partial charge in [-0.2, -0.15) is 0 Å². The van der Waals surface area contributed by atoms with Crippen LogP contribution in [-0.2, 0) is 0 Å². The second-order valence-electron chi connectivity index (χ2n) is 3.34. The van der Waals surface area contributed by atoms with Gasteiger partial charge in [0.25, 0.3) is 0 Å². The third-order valence-electron chi connectivity index (χ3n) is 1.87. The van der Waals surface area contributed by atoms with Gasteiger partial charge in [-0.15, -0.1) is 12.4 Å². The number of nitrogens with two attached hydrogens (primary N) is 1. The van der Waals surface area contributed by atoms with E-state index >= 15 is 0 Å². The maximum Gasteiger partial charge on any atom is 0.147 e. The average molecular weight is 248 g/mol. The molecule has 0 radical (unpaired) electrons. The summed E-state index contributed by atoms with van der Waals surface area (Å²) in [5, 5.41) is 18.9. The monoisotopic (exact) mass is 247 g/mol. The van der Waals surface area contributed by atoms with Crippen LogP contribution in [0, 0.1) is 11.2 Å². The number of amidine groups is 1. The van der Waals surface area contributed by atoms with Crippen LogP contribution in [0.15, 0.2) is 18.2 Å². The summed E-state index contributed by atoms with van der Waals surface area (Å²) in [6.45, 7) is 1.88. The maximum absolute atomic E-state index is 13.4. The normalized spacial score (nSPS) is 11.4. The van der Waals surface area contributed by atoms with Gasteiger partial charge in [-0.25, -0.2) is 4.39 Å². The van der Waals surface area contributed by atoms with Crippen molar-refractivity contribution in [2.75, 3.05) is 11.9 Å². The highest BCUT2D eigenvalue weighted by Crippen LogP contribution is 2.15. The van der Waals surface area contributed by atoms with E-state index < -0.39 is 11.9 Å². The van der Waals surface area contributed by atoms with Crippen LogP contribution in [0.4, 0.5) is 10.1 Å². The van der Waals surface area contributed by atoms with Crippen molar-refractivity contribution in [2.45, 2.75) is 13.0 Å². The minimum atomic E-state index is -0.545. The number of hydrogen-bond acceptors (Lipinski definition) is 3. The molecule has 90 valence electrons. The number of hydrogen-bond donors (Lipinski definition) is 4. The van der Waals surface area contributed by atoms with Crippen molar-refractivity contribution in [2.24, 2.45) is 5.73 Å². The fraction of sp³-hybridized carbons (Fsp3) is 0.300. The van der Waals surface area contributed by atoms with Crippen LogP contribution in [-0.4, -0.2) is 23.6 Å². The molecule has 1 aromatic rings. The lowest BCUT2D eigenvalue weighted by molar-refractivity contribution is 0.208. The lowest BCUT2D eigenvalue weighted by Crippen LogP contribution is -2.17. The Bertz CT molecular complexity index is 371. The van der Waals surface area contributed by atoms with Gasteiger partial charge >= 0.3 is 0 Å². The van der Waals surface area contributed by atoms with E-state index in [0.29, 0.717) is 11.3 Å². The number of nitrogen functional groups attached to an aromatic ring is 1. The number of benzene rings is 1. The predicted molar refractivity (Wildman–Crippen MR) is 64.8 cm³/mol. The van der Waals surface area contributed by atoms with Crippen molar-refractivity contribution in [1.29, 1.82) is 5.41 Å². The fourth-order valence-corrected chi connectivity index (χ4v) is 1.08. The van der Waals surface area contributed by atoms with Crippen molar-refractivity contribution < 1.29 is 9.50 Å². The molecule has 0 aliphatic heterocycles. The van der Waals surface area contributed by atoms with Crippen molar-refractivity contribution in [1.82, 2.24) is 0 Å². The first kappa shape index (κ1) is 14.7. The minimum absolute atomic E-state index is 0. The third-order valence-corrected chi connectivity index (χ3v) is 1.87. The molecule has 1 aromatic carbocycles. The highest BCUT2D eigenvalue weighted by atomic mass is 35.5. The van der Waals surface area contributed by atoms with Crippen LogP contribution in [0.5, 0.6) is 0 Å². The van der Waals surface area contributed by atoms with Crippen LogP contribution in [0.2, 0.25) is 0 Å². The smallest absolute Gasteiger partial charge is 0.147 e. The highest BCUT2D eigenvalue weighted by molar-refractivity contribution is 5.95. The van der Waals surface area contributed by atoms with E-state index in [-0.39, 0.29) is 24.8 Å². The first-order chi connectivity index (χ1) is 7.00. The fourth-order valence-electron chi connectivity index (χ4n) is 1.08. The molecule has 1 rings (SSSR count). The third kappa shape index (κ3) is 4.04. The second-order valence-corrected chi connectivity index (χ2v) is 3.34. The lowest BCUT2D eigenvalue weighted by Gasteiger charge is -2.10. The quantitative estimate of drug-likeness (QED) is 0.479. The van der Waals surface area contributed by atoms with Crippen LogP contribution in [0.3, 0.4) is 0 Å². The molecule has 16 heavy (non-hydrogen) atoms. The Morgan fingerprint density at radius 2 is 2.25 bits per heavy atom. The van der Waals surface area contributed by atoms with Gasteiger partial charge in [-0.3, -0.25) is 5.41 Å². The molecule has 0 saturated carbocycles. The van der Waals surface area contributed by atoms with Crippen LogP contribution in [0.1, 0.15) is 12.5 Å². The number of halogens is 2. The van der Waals surface area contributed by atoms with Crippen LogP contribution in [0.25, 0.3) is 0 Å². The molecule has 0 bridgehead atoms. The number of anilines is 1. The SMILES string of the molecule is CC(O)CNc1ccc(C(=N)N)cc1F.Cl. The molecular formula is C10H15ClFN3O. The molecule has 0 aliphatic carbocycles. The zero-order chi connectivity index (χ0) is 11.4. The van der Waals surface area contributed by atoms with Gasteiger partial charge in [-0.1, -0.05) is 0 Å². The molecule has 4 nitrogen and oxygen atoms in total. The second kappa shape index (κ2) is 6.30. The van der Waals surface area contributed by atoms with Gasteiger partial charge in [0.05, 0.1) is 11.8 Å². The summed E-state index contributed by atoms with van der Waals surface area (Å²) in [5.41, 5.74) is 5.85.